The Morgan fingerprint density at radius 2 is 1.70 bits per heavy atom. The molecule has 0 aliphatic heterocycles. The summed E-state index contributed by atoms with van der Waals surface area (Å²) in [6.07, 6.45) is 5.92. The van der Waals surface area contributed by atoms with Gasteiger partial charge in [-0.3, -0.25) is 0 Å². The van der Waals surface area contributed by atoms with Gasteiger partial charge in [-0.1, -0.05) is 52.1 Å². The molecule has 1 aliphatic carbocycles. The molecule has 0 bridgehead atoms. The van der Waals surface area contributed by atoms with Crippen LogP contribution >= 0.6 is 0 Å². The lowest BCUT2D eigenvalue weighted by Gasteiger charge is -2.30. The molecule has 1 aliphatic rings. The van der Waals surface area contributed by atoms with Crippen LogP contribution in [0.1, 0.15) is 32.6 Å². The van der Waals surface area contributed by atoms with E-state index in [1.165, 1.54) is 25.7 Å². The van der Waals surface area contributed by atoms with Crippen LogP contribution in [0.3, 0.4) is 0 Å². The van der Waals surface area contributed by atoms with Gasteiger partial charge >= 0.3 is 0 Å². The zero-order valence-corrected chi connectivity index (χ0v) is 7.56. The van der Waals surface area contributed by atoms with Crippen molar-refractivity contribution >= 4 is 6.71 Å². The second-order valence-electron chi connectivity index (χ2n) is 4.17. The van der Waals surface area contributed by atoms with Gasteiger partial charge in [0.25, 0.3) is 0 Å². The van der Waals surface area contributed by atoms with Gasteiger partial charge in [-0.2, -0.15) is 0 Å². The standard InChI is InChI=1S/C9H19B/c1-8-6-4-5-7-9(8)10(2)3/h8-9H,4-7H2,1-3H3/t8-,9-/m0/s1. The molecule has 1 saturated carbocycles. The van der Waals surface area contributed by atoms with E-state index < -0.39 is 0 Å². The number of hydrogen-bond donors (Lipinski definition) is 0. The Morgan fingerprint density at radius 3 is 2.10 bits per heavy atom. The first-order valence-corrected chi connectivity index (χ1v) is 4.72. The third-order valence-electron chi connectivity index (χ3n) is 3.03. The fourth-order valence-electron chi connectivity index (χ4n) is 2.34. The van der Waals surface area contributed by atoms with E-state index in [0.717, 1.165) is 18.4 Å². The summed E-state index contributed by atoms with van der Waals surface area (Å²) in [7, 11) is 0. The minimum Gasteiger partial charge on any atom is -0.0861 e. The summed E-state index contributed by atoms with van der Waals surface area (Å²) in [6.45, 7) is 8.07. The number of hydrogen-bond acceptors (Lipinski definition) is 0. The van der Waals surface area contributed by atoms with E-state index >= 15 is 0 Å². The predicted molar refractivity (Wildman–Crippen MR) is 48.9 cm³/mol. The van der Waals surface area contributed by atoms with Gasteiger partial charge in [0, 0.05) is 0 Å². The Hall–Kier alpha value is 0.0649. The van der Waals surface area contributed by atoms with Crippen LogP contribution in [0.25, 0.3) is 0 Å². The molecular weight excluding hydrogens is 119 g/mol. The Labute approximate surface area is 65.5 Å². The van der Waals surface area contributed by atoms with E-state index in [9.17, 15) is 0 Å². The average Bonchev–Trinajstić information content (AvgIpc) is 1.88. The fraction of sp³-hybridized carbons (Fsp3) is 1.00. The highest BCUT2D eigenvalue weighted by atomic mass is 14.2. The second kappa shape index (κ2) is 3.45. The molecule has 0 heterocycles. The summed E-state index contributed by atoms with van der Waals surface area (Å²) in [5.41, 5.74) is 0. The Kier molecular flexibility index (Phi) is 2.82. The van der Waals surface area contributed by atoms with E-state index in [-0.39, 0.29) is 0 Å². The van der Waals surface area contributed by atoms with Gasteiger partial charge in [-0.05, 0) is 5.92 Å². The van der Waals surface area contributed by atoms with Gasteiger partial charge < -0.3 is 0 Å². The van der Waals surface area contributed by atoms with E-state index in [4.69, 9.17) is 0 Å². The summed E-state index contributed by atoms with van der Waals surface area (Å²) < 4.78 is 0. The lowest BCUT2D eigenvalue weighted by atomic mass is 9.40. The van der Waals surface area contributed by atoms with E-state index in [2.05, 4.69) is 20.6 Å². The summed E-state index contributed by atoms with van der Waals surface area (Å²) in [5, 5.41) is 0. The molecule has 0 aromatic carbocycles. The molecule has 10 heavy (non-hydrogen) atoms. The normalized spacial score (nSPS) is 33.9. The van der Waals surface area contributed by atoms with Crippen molar-refractivity contribution < 1.29 is 0 Å². The maximum Gasteiger partial charge on any atom is 0.137 e. The summed E-state index contributed by atoms with van der Waals surface area (Å²) >= 11 is 0. The Balaban J connectivity index is 2.40. The topological polar surface area (TPSA) is 0 Å². The summed E-state index contributed by atoms with van der Waals surface area (Å²) in [4.78, 5) is 0. The molecule has 0 aromatic heterocycles. The molecule has 0 radical (unpaired) electrons. The van der Waals surface area contributed by atoms with Crippen molar-refractivity contribution in [1.82, 2.24) is 0 Å². The molecule has 0 nitrogen and oxygen atoms in total. The van der Waals surface area contributed by atoms with Gasteiger partial charge in [-0.25, -0.2) is 0 Å². The molecule has 1 fully saturated rings. The highest BCUT2D eigenvalue weighted by Gasteiger charge is 2.24. The van der Waals surface area contributed by atoms with Gasteiger partial charge in [0.05, 0.1) is 0 Å². The second-order valence-corrected chi connectivity index (χ2v) is 4.17. The molecule has 0 unspecified atom stereocenters. The minimum absolute atomic E-state index is 0.912. The van der Waals surface area contributed by atoms with Gasteiger partial charge in [0.2, 0.25) is 0 Å². The van der Waals surface area contributed by atoms with Gasteiger partial charge in [-0.15, -0.1) is 0 Å². The van der Waals surface area contributed by atoms with Crippen LogP contribution in [0.5, 0.6) is 0 Å². The van der Waals surface area contributed by atoms with Crippen molar-refractivity contribution in [1.29, 1.82) is 0 Å². The molecular formula is C9H19B. The molecule has 58 valence electrons. The average molecular weight is 138 g/mol. The van der Waals surface area contributed by atoms with Crippen molar-refractivity contribution in [3.8, 4) is 0 Å². The van der Waals surface area contributed by atoms with Gasteiger partial charge in [0.1, 0.15) is 6.71 Å². The van der Waals surface area contributed by atoms with Crippen LogP contribution < -0.4 is 0 Å². The van der Waals surface area contributed by atoms with Crippen LogP contribution in [0.2, 0.25) is 19.5 Å². The maximum atomic E-state index is 2.42. The van der Waals surface area contributed by atoms with E-state index in [1.54, 1.807) is 0 Å². The predicted octanol–water partition coefficient (Wildman–Crippen LogP) is 3.32. The molecule has 1 heteroatoms. The largest absolute Gasteiger partial charge is 0.137 e. The van der Waals surface area contributed by atoms with Gasteiger partial charge in [0.15, 0.2) is 0 Å². The fourth-order valence-corrected chi connectivity index (χ4v) is 2.34. The van der Waals surface area contributed by atoms with Crippen LogP contribution in [0.4, 0.5) is 0 Å². The minimum atomic E-state index is 0.912. The van der Waals surface area contributed by atoms with E-state index in [0.29, 0.717) is 0 Å². The molecule has 1 rings (SSSR count). The van der Waals surface area contributed by atoms with Crippen LogP contribution in [-0.4, -0.2) is 6.71 Å². The first kappa shape index (κ1) is 8.16. The smallest absolute Gasteiger partial charge is 0.0861 e. The third-order valence-corrected chi connectivity index (χ3v) is 3.03. The van der Waals surface area contributed by atoms with Crippen molar-refractivity contribution in [2.24, 2.45) is 5.92 Å². The SMILES string of the molecule is CB(C)[C@H]1CCCC[C@@H]1C. The summed E-state index contributed by atoms with van der Waals surface area (Å²) in [5.74, 6) is 2.02. The number of rotatable bonds is 1. The summed E-state index contributed by atoms with van der Waals surface area (Å²) in [6, 6.07) is 0. The van der Waals surface area contributed by atoms with Crippen molar-refractivity contribution in [2.75, 3.05) is 0 Å². The third kappa shape index (κ3) is 1.77. The Morgan fingerprint density at radius 1 is 1.10 bits per heavy atom. The lowest BCUT2D eigenvalue weighted by Crippen LogP contribution is -2.22. The van der Waals surface area contributed by atoms with Crippen LogP contribution in [-0.2, 0) is 0 Å². The van der Waals surface area contributed by atoms with Crippen molar-refractivity contribution in [3.63, 3.8) is 0 Å². The molecule has 0 amide bonds. The lowest BCUT2D eigenvalue weighted by molar-refractivity contribution is 0.380. The highest BCUT2D eigenvalue weighted by Crippen LogP contribution is 2.36. The van der Waals surface area contributed by atoms with Crippen molar-refractivity contribution in [2.45, 2.75) is 52.1 Å². The zero-order valence-electron chi connectivity index (χ0n) is 7.56. The maximum absolute atomic E-state index is 2.42. The Bertz CT molecular complexity index is 98.9. The monoisotopic (exact) mass is 138 g/mol. The zero-order chi connectivity index (χ0) is 7.56. The quantitative estimate of drug-likeness (QED) is 0.487. The van der Waals surface area contributed by atoms with Crippen molar-refractivity contribution in [3.05, 3.63) is 0 Å². The van der Waals surface area contributed by atoms with Crippen LogP contribution in [0.15, 0.2) is 0 Å². The molecule has 0 N–H and O–H groups in total. The van der Waals surface area contributed by atoms with E-state index in [1.807, 2.05) is 0 Å². The highest BCUT2D eigenvalue weighted by molar-refractivity contribution is 6.57. The first-order valence-electron chi connectivity index (χ1n) is 4.72. The first-order chi connectivity index (χ1) is 4.72. The molecule has 2 atom stereocenters. The molecule has 0 saturated heterocycles. The molecule has 0 spiro atoms. The van der Waals surface area contributed by atoms with Crippen LogP contribution in [0, 0.1) is 5.92 Å². The molecule has 0 aromatic rings.